The van der Waals surface area contributed by atoms with E-state index in [1.807, 2.05) is 0 Å². The first-order valence-electron chi connectivity index (χ1n) is 4.25. The Balaban J connectivity index is 2.90. The van der Waals surface area contributed by atoms with Crippen molar-refractivity contribution < 1.29 is 19.1 Å². The fraction of sp³-hybridized carbons (Fsp3) is 0.400. The van der Waals surface area contributed by atoms with E-state index >= 15 is 0 Å². The van der Waals surface area contributed by atoms with Gasteiger partial charge in [0.2, 0.25) is 5.60 Å². The van der Waals surface area contributed by atoms with Gasteiger partial charge in [-0.3, -0.25) is 0 Å². The molecule has 1 heterocycles. The Labute approximate surface area is 82.2 Å². The Hall–Kier alpha value is -1.58. The van der Waals surface area contributed by atoms with Gasteiger partial charge >= 0.3 is 11.9 Å². The summed E-state index contributed by atoms with van der Waals surface area (Å²) < 4.78 is 9.71. The van der Waals surface area contributed by atoms with Gasteiger partial charge in [-0.2, -0.15) is 0 Å². The van der Waals surface area contributed by atoms with Gasteiger partial charge in [0, 0.05) is 12.8 Å². The smallest absolute Gasteiger partial charge is 0.351 e. The fourth-order valence-corrected chi connectivity index (χ4v) is 1.34. The molecule has 0 amide bonds. The number of rotatable bonds is 4. The van der Waals surface area contributed by atoms with Crippen molar-refractivity contribution in [1.82, 2.24) is 0 Å². The van der Waals surface area contributed by atoms with E-state index in [0.29, 0.717) is 0 Å². The van der Waals surface area contributed by atoms with Gasteiger partial charge in [-0.05, 0) is 0 Å². The molecule has 1 aliphatic rings. The van der Waals surface area contributed by atoms with Crippen LogP contribution in [0.4, 0.5) is 0 Å². The van der Waals surface area contributed by atoms with Crippen molar-refractivity contribution in [2.75, 3.05) is 6.61 Å². The molecular formula is C10H12O4. The standard InChI is InChI=1S/C10H12O4/c1-3-5-10(6-4-2)9(12)13-7-8(11)14-10/h3-4H,1-2,5-7H2. The highest BCUT2D eigenvalue weighted by Crippen LogP contribution is 2.27. The minimum Gasteiger partial charge on any atom is -0.451 e. The van der Waals surface area contributed by atoms with E-state index in [4.69, 9.17) is 9.47 Å². The molecule has 1 aliphatic heterocycles. The minimum absolute atomic E-state index is 0.240. The second kappa shape index (κ2) is 4.09. The summed E-state index contributed by atoms with van der Waals surface area (Å²) in [5, 5.41) is 0. The van der Waals surface area contributed by atoms with Crippen LogP contribution in [0.3, 0.4) is 0 Å². The first kappa shape index (κ1) is 10.5. The highest BCUT2D eigenvalue weighted by molar-refractivity contribution is 5.89. The molecular weight excluding hydrogens is 184 g/mol. The van der Waals surface area contributed by atoms with Crippen LogP contribution in [0.25, 0.3) is 0 Å². The van der Waals surface area contributed by atoms with E-state index in [1.165, 1.54) is 12.2 Å². The molecule has 0 aromatic carbocycles. The molecule has 4 heteroatoms. The van der Waals surface area contributed by atoms with Crippen LogP contribution >= 0.6 is 0 Å². The average Bonchev–Trinajstić information content (AvgIpc) is 2.13. The molecule has 1 saturated heterocycles. The van der Waals surface area contributed by atoms with Crippen molar-refractivity contribution in [2.45, 2.75) is 18.4 Å². The van der Waals surface area contributed by atoms with Crippen molar-refractivity contribution in [3.8, 4) is 0 Å². The molecule has 1 fully saturated rings. The molecule has 0 atom stereocenters. The highest BCUT2D eigenvalue weighted by Gasteiger charge is 2.45. The Morgan fingerprint density at radius 3 is 2.36 bits per heavy atom. The van der Waals surface area contributed by atoms with Crippen LogP contribution in [-0.4, -0.2) is 24.1 Å². The maximum Gasteiger partial charge on any atom is 0.351 e. The summed E-state index contributed by atoms with van der Waals surface area (Å²) in [6, 6.07) is 0. The summed E-state index contributed by atoms with van der Waals surface area (Å²) in [4.78, 5) is 22.5. The lowest BCUT2D eigenvalue weighted by atomic mass is 9.94. The summed E-state index contributed by atoms with van der Waals surface area (Å²) in [7, 11) is 0. The molecule has 1 rings (SSSR count). The second-order valence-electron chi connectivity index (χ2n) is 3.03. The largest absolute Gasteiger partial charge is 0.451 e. The number of carbonyl (C=O) groups excluding carboxylic acids is 2. The molecule has 0 bridgehead atoms. The lowest BCUT2D eigenvalue weighted by molar-refractivity contribution is -0.199. The van der Waals surface area contributed by atoms with E-state index in [9.17, 15) is 9.59 Å². The molecule has 0 saturated carbocycles. The summed E-state index contributed by atoms with van der Waals surface area (Å²) in [6.07, 6.45) is 3.51. The number of ether oxygens (including phenoxy) is 2. The third-order valence-corrected chi connectivity index (χ3v) is 1.95. The first-order chi connectivity index (χ1) is 6.64. The van der Waals surface area contributed by atoms with Gasteiger partial charge in [0.25, 0.3) is 0 Å². The van der Waals surface area contributed by atoms with Crippen LogP contribution < -0.4 is 0 Å². The number of esters is 2. The summed E-state index contributed by atoms with van der Waals surface area (Å²) in [5.41, 5.74) is -1.24. The monoisotopic (exact) mass is 196 g/mol. The molecule has 0 aliphatic carbocycles. The highest BCUT2D eigenvalue weighted by atomic mass is 16.6. The average molecular weight is 196 g/mol. The fourth-order valence-electron chi connectivity index (χ4n) is 1.34. The first-order valence-corrected chi connectivity index (χ1v) is 4.25. The summed E-state index contributed by atoms with van der Waals surface area (Å²) >= 11 is 0. The van der Waals surface area contributed by atoms with Crippen LogP contribution in [0, 0.1) is 0 Å². The molecule has 14 heavy (non-hydrogen) atoms. The normalized spacial score (nSPS) is 19.4. The maximum atomic E-state index is 11.4. The molecule has 0 unspecified atom stereocenters. The topological polar surface area (TPSA) is 52.6 Å². The van der Waals surface area contributed by atoms with E-state index in [1.54, 1.807) is 0 Å². The molecule has 0 N–H and O–H groups in total. The molecule has 0 aromatic rings. The summed E-state index contributed by atoms with van der Waals surface area (Å²) in [6.45, 7) is 6.71. The van der Waals surface area contributed by atoms with Crippen molar-refractivity contribution in [3.05, 3.63) is 25.3 Å². The molecule has 4 nitrogen and oxygen atoms in total. The SMILES string of the molecule is C=CCC1(CC=C)OC(=O)COC1=O. The van der Waals surface area contributed by atoms with E-state index < -0.39 is 17.5 Å². The minimum atomic E-state index is -1.24. The lowest BCUT2D eigenvalue weighted by Crippen LogP contribution is -2.49. The Morgan fingerprint density at radius 2 is 1.86 bits per heavy atom. The van der Waals surface area contributed by atoms with Gasteiger partial charge in [0.15, 0.2) is 6.61 Å². The van der Waals surface area contributed by atoms with Gasteiger partial charge < -0.3 is 9.47 Å². The van der Waals surface area contributed by atoms with E-state index in [0.717, 1.165) is 0 Å². The second-order valence-corrected chi connectivity index (χ2v) is 3.03. The van der Waals surface area contributed by atoms with Crippen molar-refractivity contribution >= 4 is 11.9 Å². The van der Waals surface area contributed by atoms with E-state index in [-0.39, 0.29) is 19.4 Å². The van der Waals surface area contributed by atoms with Crippen LogP contribution in [0.5, 0.6) is 0 Å². The van der Waals surface area contributed by atoms with Crippen LogP contribution in [0.2, 0.25) is 0 Å². The lowest BCUT2D eigenvalue weighted by Gasteiger charge is -2.32. The van der Waals surface area contributed by atoms with Gasteiger partial charge in [-0.25, -0.2) is 9.59 Å². The summed E-state index contributed by atoms with van der Waals surface area (Å²) in [5.74, 6) is -1.06. The zero-order chi connectivity index (χ0) is 10.6. The number of hydrogen-bond acceptors (Lipinski definition) is 4. The zero-order valence-corrected chi connectivity index (χ0v) is 7.82. The van der Waals surface area contributed by atoms with E-state index in [2.05, 4.69) is 13.2 Å². The number of cyclic esters (lactones) is 2. The number of carbonyl (C=O) groups is 2. The van der Waals surface area contributed by atoms with Crippen molar-refractivity contribution in [1.29, 1.82) is 0 Å². The third kappa shape index (κ3) is 1.84. The van der Waals surface area contributed by atoms with Crippen LogP contribution in [0.1, 0.15) is 12.8 Å². The molecule has 0 radical (unpaired) electrons. The van der Waals surface area contributed by atoms with Crippen LogP contribution in [0.15, 0.2) is 25.3 Å². The van der Waals surface area contributed by atoms with Gasteiger partial charge in [0.1, 0.15) is 0 Å². The van der Waals surface area contributed by atoms with Crippen molar-refractivity contribution in [3.63, 3.8) is 0 Å². The number of hydrogen-bond donors (Lipinski definition) is 0. The molecule has 0 aromatic heterocycles. The Morgan fingerprint density at radius 1 is 1.29 bits per heavy atom. The van der Waals surface area contributed by atoms with Crippen LogP contribution in [-0.2, 0) is 19.1 Å². The molecule has 0 spiro atoms. The third-order valence-electron chi connectivity index (χ3n) is 1.95. The Kier molecular flexibility index (Phi) is 3.06. The van der Waals surface area contributed by atoms with Gasteiger partial charge in [-0.1, -0.05) is 12.2 Å². The predicted molar refractivity (Wildman–Crippen MR) is 49.4 cm³/mol. The Bertz CT molecular complexity index is 270. The quantitative estimate of drug-likeness (QED) is 0.496. The van der Waals surface area contributed by atoms with Crippen molar-refractivity contribution in [2.24, 2.45) is 0 Å². The maximum absolute atomic E-state index is 11.4. The van der Waals surface area contributed by atoms with Gasteiger partial charge in [-0.15, -0.1) is 13.2 Å². The molecule has 76 valence electrons. The van der Waals surface area contributed by atoms with Gasteiger partial charge in [0.05, 0.1) is 0 Å². The predicted octanol–water partition coefficient (Wildman–Crippen LogP) is 0.977. The zero-order valence-electron chi connectivity index (χ0n) is 7.82.